The van der Waals surface area contributed by atoms with Gasteiger partial charge in [0.25, 0.3) is 0 Å². The number of aromatic nitrogens is 2. The summed E-state index contributed by atoms with van der Waals surface area (Å²) in [6, 6.07) is 9.94. The summed E-state index contributed by atoms with van der Waals surface area (Å²) < 4.78 is 0. The second-order valence-corrected chi connectivity index (χ2v) is 4.60. The highest BCUT2D eigenvalue weighted by molar-refractivity contribution is 5.88. The van der Waals surface area contributed by atoms with E-state index in [0.717, 1.165) is 12.2 Å². The van der Waals surface area contributed by atoms with Crippen molar-refractivity contribution in [2.45, 2.75) is 0 Å². The van der Waals surface area contributed by atoms with E-state index in [2.05, 4.69) is 20.4 Å². The van der Waals surface area contributed by atoms with E-state index in [9.17, 15) is 4.79 Å². The standard InChI is InChI=1S/C14H19N5O/c1-18(13-6-4-3-5-7-13)8-9-19(2)14(20)17-12-10-15-16-11-12/h3-7,10-11H,8-9H2,1-2H3,(H,15,16)(H,17,20). The van der Waals surface area contributed by atoms with Crippen LogP contribution >= 0.6 is 0 Å². The van der Waals surface area contributed by atoms with Crippen LogP contribution in [-0.2, 0) is 0 Å². The van der Waals surface area contributed by atoms with Crippen LogP contribution < -0.4 is 10.2 Å². The van der Waals surface area contributed by atoms with Crippen molar-refractivity contribution < 1.29 is 4.79 Å². The summed E-state index contributed by atoms with van der Waals surface area (Å²) in [5.74, 6) is 0. The molecule has 1 aromatic heterocycles. The van der Waals surface area contributed by atoms with Crippen LogP contribution in [0.4, 0.5) is 16.2 Å². The van der Waals surface area contributed by atoms with Crippen LogP contribution in [0.1, 0.15) is 0 Å². The maximum absolute atomic E-state index is 11.9. The number of anilines is 2. The van der Waals surface area contributed by atoms with Crippen molar-refractivity contribution in [2.24, 2.45) is 0 Å². The summed E-state index contributed by atoms with van der Waals surface area (Å²) in [7, 11) is 3.78. The number of carbonyl (C=O) groups is 1. The van der Waals surface area contributed by atoms with Gasteiger partial charge in [-0.25, -0.2) is 4.79 Å². The van der Waals surface area contributed by atoms with Crippen molar-refractivity contribution in [1.82, 2.24) is 15.1 Å². The van der Waals surface area contributed by atoms with Crippen LogP contribution in [-0.4, -0.2) is 48.3 Å². The molecule has 0 fully saturated rings. The Morgan fingerprint density at radius 2 is 2.00 bits per heavy atom. The maximum atomic E-state index is 11.9. The minimum atomic E-state index is -0.145. The number of hydrogen-bond acceptors (Lipinski definition) is 3. The van der Waals surface area contributed by atoms with E-state index in [1.54, 1.807) is 24.3 Å². The van der Waals surface area contributed by atoms with E-state index in [4.69, 9.17) is 0 Å². The van der Waals surface area contributed by atoms with Gasteiger partial charge in [-0.3, -0.25) is 5.10 Å². The van der Waals surface area contributed by atoms with Crippen LogP contribution in [0.3, 0.4) is 0 Å². The third kappa shape index (κ3) is 3.74. The van der Waals surface area contributed by atoms with Crippen molar-refractivity contribution in [1.29, 1.82) is 0 Å². The van der Waals surface area contributed by atoms with Gasteiger partial charge in [-0.1, -0.05) is 18.2 Å². The molecule has 0 aliphatic rings. The minimum absolute atomic E-state index is 0.145. The highest BCUT2D eigenvalue weighted by Crippen LogP contribution is 2.10. The normalized spacial score (nSPS) is 10.1. The van der Waals surface area contributed by atoms with Gasteiger partial charge in [0, 0.05) is 39.1 Å². The van der Waals surface area contributed by atoms with Crippen molar-refractivity contribution in [3.05, 3.63) is 42.7 Å². The molecule has 0 saturated heterocycles. The Morgan fingerprint density at radius 3 is 2.65 bits per heavy atom. The van der Waals surface area contributed by atoms with Gasteiger partial charge in [0.05, 0.1) is 11.9 Å². The number of carbonyl (C=O) groups excluding carboxylic acids is 1. The Kier molecular flexibility index (Phi) is 4.60. The lowest BCUT2D eigenvalue weighted by atomic mass is 10.3. The smallest absolute Gasteiger partial charge is 0.321 e. The van der Waals surface area contributed by atoms with Crippen molar-refractivity contribution in [2.75, 3.05) is 37.4 Å². The largest absolute Gasteiger partial charge is 0.373 e. The summed E-state index contributed by atoms with van der Waals surface area (Å²) in [4.78, 5) is 15.7. The summed E-state index contributed by atoms with van der Waals surface area (Å²) in [5.41, 5.74) is 1.80. The molecule has 1 aromatic carbocycles. The predicted molar refractivity (Wildman–Crippen MR) is 79.9 cm³/mol. The second kappa shape index (κ2) is 6.60. The average molecular weight is 273 g/mol. The molecule has 2 amide bonds. The lowest BCUT2D eigenvalue weighted by Gasteiger charge is -2.23. The van der Waals surface area contributed by atoms with E-state index in [-0.39, 0.29) is 6.03 Å². The number of benzene rings is 1. The first kappa shape index (κ1) is 13.9. The van der Waals surface area contributed by atoms with Gasteiger partial charge < -0.3 is 15.1 Å². The second-order valence-electron chi connectivity index (χ2n) is 4.60. The quantitative estimate of drug-likeness (QED) is 0.876. The molecule has 0 spiro atoms. The van der Waals surface area contributed by atoms with Gasteiger partial charge in [0.2, 0.25) is 0 Å². The lowest BCUT2D eigenvalue weighted by Crippen LogP contribution is -2.37. The summed E-state index contributed by atoms with van der Waals surface area (Å²) in [5, 5.41) is 9.20. The number of nitrogens with zero attached hydrogens (tertiary/aromatic N) is 3. The average Bonchev–Trinajstić information content (AvgIpc) is 2.98. The van der Waals surface area contributed by atoms with Crippen molar-refractivity contribution in [3.8, 4) is 0 Å². The van der Waals surface area contributed by atoms with Gasteiger partial charge in [-0.2, -0.15) is 5.10 Å². The van der Waals surface area contributed by atoms with E-state index in [1.165, 1.54) is 0 Å². The number of urea groups is 1. The first-order chi connectivity index (χ1) is 9.66. The summed E-state index contributed by atoms with van der Waals surface area (Å²) in [6.07, 6.45) is 3.21. The van der Waals surface area contributed by atoms with E-state index in [1.807, 2.05) is 37.4 Å². The Morgan fingerprint density at radius 1 is 1.25 bits per heavy atom. The topological polar surface area (TPSA) is 64.3 Å². The Labute approximate surface area is 118 Å². The van der Waals surface area contributed by atoms with Gasteiger partial charge in [0.15, 0.2) is 0 Å². The molecule has 2 aromatic rings. The fourth-order valence-corrected chi connectivity index (χ4v) is 1.75. The Hall–Kier alpha value is -2.50. The Bertz CT molecular complexity index is 526. The molecule has 6 nitrogen and oxygen atoms in total. The van der Waals surface area contributed by atoms with Gasteiger partial charge in [-0.15, -0.1) is 0 Å². The Balaban J connectivity index is 1.80. The van der Waals surface area contributed by atoms with Crippen LogP contribution in [0.15, 0.2) is 42.7 Å². The molecule has 0 radical (unpaired) electrons. The third-order valence-electron chi connectivity index (χ3n) is 3.06. The predicted octanol–water partition coefficient (Wildman–Crippen LogP) is 2.01. The van der Waals surface area contributed by atoms with Crippen molar-refractivity contribution in [3.63, 3.8) is 0 Å². The first-order valence-corrected chi connectivity index (χ1v) is 6.44. The first-order valence-electron chi connectivity index (χ1n) is 6.44. The highest BCUT2D eigenvalue weighted by Gasteiger charge is 2.10. The summed E-state index contributed by atoms with van der Waals surface area (Å²) in [6.45, 7) is 1.40. The molecule has 1 heterocycles. The lowest BCUT2D eigenvalue weighted by molar-refractivity contribution is 0.223. The van der Waals surface area contributed by atoms with Gasteiger partial charge >= 0.3 is 6.03 Å². The van der Waals surface area contributed by atoms with Crippen LogP contribution in [0.25, 0.3) is 0 Å². The van der Waals surface area contributed by atoms with Crippen LogP contribution in [0, 0.1) is 0 Å². The maximum Gasteiger partial charge on any atom is 0.321 e. The number of nitrogens with one attached hydrogen (secondary N) is 2. The molecule has 0 aliphatic carbocycles. The van der Waals surface area contributed by atoms with E-state index < -0.39 is 0 Å². The number of hydrogen-bond donors (Lipinski definition) is 2. The number of rotatable bonds is 5. The molecule has 0 unspecified atom stereocenters. The van der Waals surface area contributed by atoms with Crippen LogP contribution in [0.2, 0.25) is 0 Å². The highest BCUT2D eigenvalue weighted by atomic mass is 16.2. The van der Waals surface area contributed by atoms with Crippen molar-refractivity contribution >= 4 is 17.4 Å². The zero-order chi connectivity index (χ0) is 14.4. The molecule has 2 N–H and O–H groups in total. The van der Waals surface area contributed by atoms with Crippen LogP contribution in [0.5, 0.6) is 0 Å². The van der Waals surface area contributed by atoms with Gasteiger partial charge in [-0.05, 0) is 12.1 Å². The summed E-state index contributed by atoms with van der Waals surface area (Å²) >= 11 is 0. The van der Waals surface area contributed by atoms with E-state index >= 15 is 0 Å². The number of H-pyrrole nitrogens is 1. The number of likely N-dealkylation sites (N-methyl/N-ethyl adjacent to an activating group) is 2. The molecular formula is C14H19N5O. The fraction of sp³-hybridized carbons (Fsp3) is 0.286. The molecule has 0 aliphatic heterocycles. The molecular weight excluding hydrogens is 254 g/mol. The molecule has 0 saturated carbocycles. The third-order valence-corrected chi connectivity index (χ3v) is 3.06. The van der Waals surface area contributed by atoms with E-state index in [0.29, 0.717) is 12.2 Å². The number of para-hydroxylation sites is 1. The zero-order valence-corrected chi connectivity index (χ0v) is 11.7. The SMILES string of the molecule is CN(CCN(C)c1ccccc1)C(=O)Nc1cn[nH]c1. The molecule has 0 atom stereocenters. The molecule has 6 heteroatoms. The zero-order valence-electron chi connectivity index (χ0n) is 11.7. The minimum Gasteiger partial charge on any atom is -0.373 e. The number of aromatic amines is 1. The monoisotopic (exact) mass is 273 g/mol. The molecule has 2 rings (SSSR count). The molecule has 0 bridgehead atoms. The number of amides is 2. The van der Waals surface area contributed by atoms with Gasteiger partial charge in [0.1, 0.15) is 0 Å². The fourth-order valence-electron chi connectivity index (χ4n) is 1.75. The molecule has 106 valence electrons. The molecule has 20 heavy (non-hydrogen) atoms.